The van der Waals surface area contributed by atoms with Gasteiger partial charge in [0.2, 0.25) is 5.91 Å². The predicted octanol–water partition coefficient (Wildman–Crippen LogP) is 4.26. The Balaban J connectivity index is 1.60. The minimum atomic E-state index is -1.03. The molecule has 3 aromatic rings. The SMILES string of the molecule is O=C(CCCn1nc(-c2ccc(Cl)cc2)ccc1=O)Nc1ccc(F)c(F)c1. The van der Waals surface area contributed by atoms with E-state index in [0.717, 1.165) is 17.7 Å². The Morgan fingerprint density at radius 3 is 2.50 bits per heavy atom. The van der Waals surface area contributed by atoms with Crippen molar-refractivity contribution in [3.63, 3.8) is 0 Å². The molecule has 0 bridgehead atoms. The molecule has 1 amide bonds. The zero-order valence-electron chi connectivity index (χ0n) is 14.7. The summed E-state index contributed by atoms with van der Waals surface area (Å²) >= 11 is 5.88. The summed E-state index contributed by atoms with van der Waals surface area (Å²) in [6.07, 6.45) is 0.449. The lowest BCUT2D eigenvalue weighted by atomic mass is 10.1. The number of carbonyl (C=O) groups is 1. The van der Waals surface area contributed by atoms with Gasteiger partial charge < -0.3 is 5.32 Å². The van der Waals surface area contributed by atoms with Crippen molar-refractivity contribution in [3.8, 4) is 11.3 Å². The van der Waals surface area contributed by atoms with Crippen molar-refractivity contribution in [2.75, 3.05) is 5.32 Å². The monoisotopic (exact) mass is 403 g/mol. The van der Waals surface area contributed by atoms with Crippen molar-refractivity contribution >= 4 is 23.2 Å². The Morgan fingerprint density at radius 1 is 1.04 bits per heavy atom. The van der Waals surface area contributed by atoms with Crippen LogP contribution in [0.1, 0.15) is 12.8 Å². The number of carbonyl (C=O) groups excluding carboxylic acids is 1. The molecule has 2 aromatic carbocycles. The summed E-state index contributed by atoms with van der Waals surface area (Å²) < 4.78 is 27.4. The molecule has 0 aliphatic heterocycles. The van der Waals surface area contributed by atoms with Crippen LogP contribution in [-0.4, -0.2) is 15.7 Å². The van der Waals surface area contributed by atoms with E-state index in [1.54, 1.807) is 30.3 Å². The molecule has 0 aliphatic rings. The van der Waals surface area contributed by atoms with Crippen molar-refractivity contribution in [3.05, 3.63) is 81.6 Å². The van der Waals surface area contributed by atoms with Gasteiger partial charge in [-0.05, 0) is 36.8 Å². The minimum absolute atomic E-state index is 0.0955. The molecule has 0 spiro atoms. The summed E-state index contributed by atoms with van der Waals surface area (Å²) in [5, 5.41) is 7.40. The molecule has 3 rings (SSSR count). The van der Waals surface area contributed by atoms with Crippen molar-refractivity contribution in [1.29, 1.82) is 0 Å². The highest BCUT2D eigenvalue weighted by Crippen LogP contribution is 2.18. The molecule has 1 N–H and O–H groups in total. The molecule has 144 valence electrons. The fourth-order valence-corrected chi connectivity index (χ4v) is 2.70. The van der Waals surface area contributed by atoms with Crippen LogP contribution in [-0.2, 0) is 11.3 Å². The van der Waals surface area contributed by atoms with Crippen LogP contribution in [0.15, 0.2) is 59.4 Å². The maximum absolute atomic E-state index is 13.2. The summed E-state index contributed by atoms with van der Waals surface area (Å²) in [5.41, 5.74) is 1.32. The second-order valence-electron chi connectivity index (χ2n) is 6.07. The van der Waals surface area contributed by atoms with Gasteiger partial charge in [0.25, 0.3) is 5.56 Å². The standard InChI is InChI=1S/C20H16ClF2N3O2/c21-14-5-3-13(4-6-14)18-9-10-20(28)26(25-18)11-1-2-19(27)24-15-7-8-16(22)17(23)12-15/h3-10,12H,1-2,11H2,(H,24,27). The zero-order chi connectivity index (χ0) is 20.1. The van der Waals surface area contributed by atoms with Gasteiger partial charge in [-0.15, -0.1) is 0 Å². The summed E-state index contributed by atoms with van der Waals surface area (Å²) in [4.78, 5) is 24.0. The summed E-state index contributed by atoms with van der Waals surface area (Å²) in [5.74, 6) is -2.38. The maximum atomic E-state index is 13.2. The van der Waals surface area contributed by atoms with Crippen molar-refractivity contribution in [2.45, 2.75) is 19.4 Å². The quantitative estimate of drug-likeness (QED) is 0.668. The number of anilines is 1. The van der Waals surface area contributed by atoms with E-state index in [1.165, 1.54) is 16.8 Å². The highest BCUT2D eigenvalue weighted by atomic mass is 35.5. The lowest BCUT2D eigenvalue weighted by molar-refractivity contribution is -0.116. The van der Waals surface area contributed by atoms with E-state index < -0.39 is 11.6 Å². The lowest BCUT2D eigenvalue weighted by Crippen LogP contribution is -2.23. The maximum Gasteiger partial charge on any atom is 0.266 e. The number of aryl methyl sites for hydroxylation is 1. The molecule has 1 heterocycles. The van der Waals surface area contributed by atoms with Crippen LogP contribution >= 0.6 is 11.6 Å². The molecule has 0 atom stereocenters. The van der Waals surface area contributed by atoms with Gasteiger partial charge in [-0.2, -0.15) is 5.10 Å². The van der Waals surface area contributed by atoms with Gasteiger partial charge in [0.05, 0.1) is 5.69 Å². The van der Waals surface area contributed by atoms with Crippen LogP contribution in [0.4, 0.5) is 14.5 Å². The van der Waals surface area contributed by atoms with E-state index in [0.29, 0.717) is 17.1 Å². The Kier molecular flexibility index (Phi) is 6.16. The third-order valence-corrected chi connectivity index (χ3v) is 4.24. The number of amides is 1. The second-order valence-corrected chi connectivity index (χ2v) is 6.50. The van der Waals surface area contributed by atoms with Gasteiger partial charge >= 0.3 is 0 Å². The topological polar surface area (TPSA) is 64.0 Å². The highest BCUT2D eigenvalue weighted by Gasteiger charge is 2.08. The average Bonchev–Trinajstić information content (AvgIpc) is 2.67. The molecule has 0 unspecified atom stereocenters. The van der Waals surface area contributed by atoms with Crippen LogP contribution < -0.4 is 10.9 Å². The summed E-state index contributed by atoms with van der Waals surface area (Å²) in [6, 6.07) is 13.2. The summed E-state index contributed by atoms with van der Waals surface area (Å²) in [7, 11) is 0. The fraction of sp³-hybridized carbons (Fsp3) is 0.150. The van der Waals surface area contributed by atoms with E-state index in [9.17, 15) is 18.4 Å². The first-order chi connectivity index (χ1) is 13.4. The molecule has 0 saturated heterocycles. The number of nitrogens with one attached hydrogen (secondary N) is 1. The van der Waals surface area contributed by atoms with Crippen LogP contribution in [0.25, 0.3) is 11.3 Å². The zero-order valence-corrected chi connectivity index (χ0v) is 15.4. The van der Waals surface area contributed by atoms with Gasteiger partial charge in [-0.1, -0.05) is 23.7 Å². The second kappa shape index (κ2) is 8.75. The lowest BCUT2D eigenvalue weighted by Gasteiger charge is -2.08. The largest absolute Gasteiger partial charge is 0.326 e. The third kappa shape index (κ3) is 5.01. The van der Waals surface area contributed by atoms with E-state index in [-0.39, 0.29) is 30.1 Å². The van der Waals surface area contributed by atoms with Crippen LogP contribution in [0, 0.1) is 11.6 Å². The predicted molar refractivity (Wildman–Crippen MR) is 103 cm³/mol. The molecular weight excluding hydrogens is 388 g/mol. The fourth-order valence-electron chi connectivity index (χ4n) is 2.57. The van der Waals surface area contributed by atoms with Crippen molar-refractivity contribution < 1.29 is 13.6 Å². The molecule has 1 aromatic heterocycles. The molecule has 0 fully saturated rings. The van der Waals surface area contributed by atoms with Gasteiger partial charge in [0.1, 0.15) is 0 Å². The smallest absolute Gasteiger partial charge is 0.266 e. The molecular formula is C20H16ClF2N3O2. The number of hydrogen-bond acceptors (Lipinski definition) is 3. The van der Waals surface area contributed by atoms with Crippen molar-refractivity contribution in [1.82, 2.24) is 9.78 Å². The molecule has 5 nitrogen and oxygen atoms in total. The number of halogens is 3. The first-order valence-corrected chi connectivity index (χ1v) is 8.89. The first-order valence-electron chi connectivity index (χ1n) is 8.51. The normalized spacial score (nSPS) is 10.7. The number of rotatable bonds is 6. The molecule has 0 saturated carbocycles. The first kappa shape index (κ1) is 19.7. The van der Waals surface area contributed by atoms with Crippen LogP contribution in [0.5, 0.6) is 0 Å². The van der Waals surface area contributed by atoms with Crippen molar-refractivity contribution in [2.24, 2.45) is 0 Å². The Labute approximate surface area is 164 Å². The van der Waals surface area contributed by atoms with E-state index >= 15 is 0 Å². The number of aromatic nitrogens is 2. The molecule has 8 heteroatoms. The highest BCUT2D eigenvalue weighted by molar-refractivity contribution is 6.30. The van der Waals surface area contributed by atoms with Crippen LogP contribution in [0.3, 0.4) is 0 Å². The van der Waals surface area contributed by atoms with Gasteiger partial charge in [0, 0.05) is 41.4 Å². The molecule has 0 aliphatic carbocycles. The Morgan fingerprint density at radius 2 is 1.79 bits per heavy atom. The van der Waals surface area contributed by atoms with E-state index in [1.807, 2.05) is 0 Å². The molecule has 28 heavy (non-hydrogen) atoms. The van der Waals surface area contributed by atoms with Gasteiger partial charge in [0.15, 0.2) is 11.6 Å². The van der Waals surface area contributed by atoms with E-state index in [4.69, 9.17) is 11.6 Å². The van der Waals surface area contributed by atoms with Gasteiger partial charge in [-0.3, -0.25) is 9.59 Å². The average molecular weight is 404 g/mol. The van der Waals surface area contributed by atoms with Crippen LogP contribution in [0.2, 0.25) is 5.02 Å². The van der Waals surface area contributed by atoms with Gasteiger partial charge in [-0.25, -0.2) is 13.5 Å². The Bertz CT molecular complexity index is 1050. The third-order valence-electron chi connectivity index (χ3n) is 3.98. The number of benzene rings is 2. The number of nitrogens with zero attached hydrogens (tertiary/aromatic N) is 2. The molecule has 0 radical (unpaired) electrons. The Hall–Kier alpha value is -3.06. The minimum Gasteiger partial charge on any atom is -0.326 e. The summed E-state index contributed by atoms with van der Waals surface area (Å²) in [6.45, 7) is 0.242. The number of hydrogen-bond donors (Lipinski definition) is 1. The van der Waals surface area contributed by atoms with E-state index in [2.05, 4.69) is 10.4 Å².